The van der Waals surface area contributed by atoms with Crippen LogP contribution in [-0.4, -0.2) is 44.0 Å². The summed E-state index contributed by atoms with van der Waals surface area (Å²) in [6.45, 7) is 1.62. The molecule has 2 aliphatic heterocycles. The number of ether oxygens (including phenoxy) is 1. The monoisotopic (exact) mass is 384 g/mol. The topological polar surface area (TPSA) is 103 Å². The van der Waals surface area contributed by atoms with Crippen LogP contribution >= 0.6 is 11.6 Å². The molecule has 8 heteroatoms. The highest BCUT2D eigenvalue weighted by Gasteiger charge is 2.35. The van der Waals surface area contributed by atoms with E-state index in [-0.39, 0.29) is 18.0 Å². The normalized spacial score (nSPS) is 25.4. The van der Waals surface area contributed by atoms with E-state index in [9.17, 15) is 9.90 Å². The minimum atomic E-state index is -0.958. The first kappa shape index (κ1) is 19.2. The Balaban J connectivity index is 1.85. The Morgan fingerprint density at radius 1 is 1.54 bits per heavy atom. The van der Waals surface area contributed by atoms with Crippen molar-refractivity contribution in [3.63, 3.8) is 0 Å². The summed E-state index contributed by atoms with van der Waals surface area (Å²) in [5.74, 6) is -1.09. The van der Waals surface area contributed by atoms with Gasteiger partial charge in [-0.05, 0) is 49.8 Å². The van der Waals surface area contributed by atoms with Crippen molar-refractivity contribution in [2.75, 3.05) is 32.6 Å². The van der Waals surface area contributed by atoms with Gasteiger partial charge >= 0.3 is 5.97 Å². The zero-order valence-corrected chi connectivity index (χ0v) is 15.6. The third-order valence-electron chi connectivity index (χ3n) is 5.20. The van der Waals surface area contributed by atoms with Gasteiger partial charge < -0.3 is 25.8 Å². The summed E-state index contributed by atoms with van der Waals surface area (Å²) >= 11 is 6.26. The molecule has 0 aromatic heterocycles. The Morgan fingerprint density at radius 2 is 2.35 bits per heavy atom. The zero-order chi connectivity index (χ0) is 18.7. The number of piperidine rings is 1. The van der Waals surface area contributed by atoms with Gasteiger partial charge in [-0.2, -0.15) is 4.89 Å². The molecular formula is C18H25ClN2O5. The van der Waals surface area contributed by atoms with E-state index in [0.717, 1.165) is 44.4 Å². The number of benzene rings is 1. The van der Waals surface area contributed by atoms with Gasteiger partial charge in [0.15, 0.2) is 5.75 Å². The fourth-order valence-electron chi connectivity index (χ4n) is 3.86. The predicted molar refractivity (Wildman–Crippen MR) is 97.5 cm³/mol. The molecule has 3 rings (SSSR count). The van der Waals surface area contributed by atoms with Crippen molar-refractivity contribution in [1.82, 2.24) is 5.32 Å². The molecule has 26 heavy (non-hydrogen) atoms. The molecule has 0 saturated carbocycles. The first-order valence-corrected chi connectivity index (χ1v) is 9.24. The Labute approximate surface area is 157 Å². The van der Waals surface area contributed by atoms with Gasteiger partial charge in [-0.15, -0.1) is 0 Å². The molecule has 1 aromatic carbocycles. The minimum Gasteiger partial charge on any atom is -0.481 e. The van der Waals surface area contributed by atoms with Crippen LogP contribution in [0.1, 0.15) is 36.3 Å². The Kier molecular flexibility index (Phi) is 6.24. The summed E-state index contributed by atoms with van der Waals surface area (Å²) in [6.07, 6.45) is 3.73. The molecule has 0 amide bonds. The van der Waals surface area contributed by atoms with Gasteiger partial charge in [0.25, 0.3) is 0 Å². The highest BCUT2D eigenvalue weighted by atomic mass is 35.5. The van der Waals surface area contributed by atoms with Crippen LogP contribution in [0.25, 0.3) is 0 Å². The number of carbonyl (C=O) groups is 1. The van der Waals surface area contributed by atoms with Gasteiger partial charge in [0.1, 0.15) is 12.5 Å². The molecule has 144 valence electrons. The number of methoxy groups -OCH3 is 1. The average molecular weight is 385 g/mol. The molecule has 7 nitrogen and oxygen atoms in total. The van der Waals surface area contributed by atoms with E-state index < -0.39 is 11.9 Å². The molecule has 3 unspecified atom stereocenters. The average Bonchev–Trinajstić information content (AvgIpc) is 2.64. The van der Waals surface area contributed by atoms with Crippen LogP contribution in [0.2, 0.25) is 5.02 Å². The quantitative estimate of drug-likeness (QED) is 0.511. The molecule has 0 spiro atoms. The maximum absolute atomic E-state index is 11.7. The molecular weight excluding hydrogens is 360 g/mol. The number of nitrogens with two attached hydrogens (primary N) is 1. The zero-order valence-electron chi connectivity index (χ0n) is 14.8. The summed E-state index contributed by atoms with van der Waals surface area (Å²) in [6, 6.07) is 2.19. The van der Waals surface area contributed by atoms with Crippen molar-refractivity contribution in [2.24, 2.45) is 5.92 Å². The summed E-state index contributed by atoms with van der Waals surface area (Å²) < 4.78 is 5.17. The number of aliphatic carboxylic acids is 1. The predicted octanol–water partition coefficient (Wildman–Crippen LogP) is 2.36. The van der Waals surface area contributed by atoms with Gasteiger partial charge in [0.05, 0.1) is 10.7 Å². The molecule has 3 atom stereocenters. The summed E-state index contributed by atoms with van der Waals surface area (Å²) in [5, 5.41) is 13.5. The number of hydrogen-bond acceptors (Lipinski definition) is 6. The lowest BCUT2D eigenvalue weighted by Gasteiger charge is -2.32. The standard InChI is InChI=1S/C18H25ClN2O5/c1-24-5-3-12-7-10(2-4-21-12)6-11-8-14(19)16(20)17-15(11)13(18(22)23)9-25-26-17/h8,10,12-13,21H,2-7,9,20H2,1H3,(H,22,23). The molecule has 0 radical (unpaired) electrons. The number of hydrogen-bond donors (Lipinski definition) is 3. The van der Waals surface area contributed by atoms with Crippen LogP contribution in [0.3, 0.4) is 0 Å². The van der Waals surface area contributed by atoms with E-state index in [0.29, 0.717) is 22.5 Å². The number of nitrogens with one attached hydrogen (secondary N) is 1. The van der Waals surface area contributed by atoms with E-state index in [1.54, 1.807) is 13.2 Å². The highest BCUT2D eigenvalue weighted by molar-refractivity contribution is 6.33. The lowest BCUT2D eigenvalue weighted by Crippen LogP contribution is -2.39. The van der Waals surface area contributed by atoms with Gasteiger partial charge in [-0.3, -0.25) is 4.79 Å². The lowest BCUT2D eigenvalue weighted by atomic mass is 9.82. The van der Waals surface area contributed by atoms with Crippen molar-refractivity contribution < 1.29 is 24.4 Å². The van der Waals surface area contributed by atoms with E-state index in [4.69, 9.17) is 31.8 Å². The maximum Gasteiger partial charge on any atom is 0.313 e. The number of carboxylic acids is 1. The summed E-state index contributed by atoms with van der Waals surface area (Å²) in [4.78, 5) is 21.9. The fraction of sp³-hybridized carbons (Fsp3) is 0.611. The van der Waals surface area contributed by atoms with Crippen LogP contribution in [0.5, 0.6) is 5.75 Å². The van der Waals surface area contributed by atoms with Gasteiger partial charge in [0.2, 0.25) is 0 Å². The molecule has 2 heterocycles. The first-order chi connectivity index (χ1) is 12.5. The largest absolute Gasteiger partial charge is 0.481 e. The third-order valence-corrected chi connectivity index (χ3v) is 5.51. The van der Waals surface area contributed by atoms with Gasteiger partial charge in [0, 0.05) is 25.3 Å². The van der Waals surface area contributed by atoms with E-state index in [1.807, 2.05) is 0 Å². The highest BCUT2D eigenvalue weighted by Crippen LogP contribution is 2.44. The van der Waals surface area contributed by atoms with E-state index in [2.05, 4.69) is 5.32 Å². The molecule has 1 aromatic rings. The maximum atomic E-state index is 11.7. The Hall–Kier alpha value is -1.54. The minimum absolute atomic E-state index is 0.0426. The number of anilines is 1. The lowest BCUT2D eigenvalue weighted by molar-refractivity contribution is -0.222. The molecule has 0 aliphatic carbocycles. The van der Waals surface area contributed by atoms with Crippen LogP contribution < -0.4 is 15.9 Å². The molecule has 2 aliphatic rings. The first-order valence-electron chi connectivity index (χ1n) is 8.86. The van der Waals surface area contributed by atoms with Crippen LogP contribution in [0, 0.1) is 5.92 Å². The third kappa shape index (κ3) is 4.06. The van der Waals surface area contributed by atoms with Crippen molar-refractivity contribution in [3.05, 3.63) is 22.2 Å². The molecule has 1 saturated heterocycles. The molecule has 4 N–H and O–H groups in total. The second-order valence-corrected chi connectivity index (χ2v) is 7.37. The molecule has 1 fully saturated rings. The second-order valence-electron chi connectivity index (χ2n) is 6.96. The Bertz CT molecular complexity index is 669. The van der Waals surface area contributed by atoms with E-state index in [1.165, 1.54) is 0 Å². The number of halogens is 1. The van der Waals surface area contributed by atoms with Gasteiger partial charge in [-0.25, -0.2) is 0 Å². The van der Waals surface area contributed by atoms with Crippen molar-refractivity contribution >= 4 is 23.3 Å². The second kappa shape index (κ2) is 8.43. The van der Waals surface area contributed by atoms with Crippen LogP contribution in [-0.2, 0) is 20.8 Å². The van der Waals surface area contributed by atoms with Crippen molar-refractivity contribution in [1.29, 1.82) is 0 Å². The fourth-order valence-corrected chi connectivity index (χ4v) is 4.08. The SMILES string of the molecule is COCCC1CC(Cc2cc(Cl)c(N)c3c2C(C(=O)O)COO3)CCN1. The van der Waals surface area contributed by atoms with Crippen molar-refractivity contribution in [3.8, 4) is 5.75 Å². The number of fused-ring (bicyclic) bond motifs is 1. The Morgan fingerprint density at radius 3 is 3.08 bits per heavy atom. The van der Waals surface area contributed by atoms with Crippen molar-refractivity contribution in [2.45, 2.75) is 37.6 Å². The summed E-state index contributed by atoms with van der Waals surface area (Å²) in [5.41, 5.74) is 7.69. The number of carboxylic acid groups (broad SMARTS) is 1. The number of nitrogen functional groups attached to an aromatic ring is 1. The number of rotatable bonds is 6. The smallest absolute Gasteiger partial charge is 0.313 e. The summed E-state index contributed by atoms with van der Waals surface area (Å²) in [7, 11) is 1.71. The van der Waals surface area contributed by atoms with Crippen LogP contribution in [0.4, 0.5) is 5.69 Å². The van der Waals surface area contributed by atoms with Gasteiger partial charge in [-0.1, -0.05) is 11.6 Å². The van der Waals surface area contributed by atoms with Crippen LogP contribution in [0.15, 0.2) is 6.07 Å². The van der Waals surface area contributed by atoms with E-state index >= 15 is 0 Å². The molecule has 0 bridgehead atoms.